The van der Waals surface area contributed by atoms with Gasteiger partial charge in [0.15, 0.2) is 0 Å². The Morgan fingerprint density at radius 1 is 1.40 bits per heavy atom. The van der Waals surface area contributed by atoms with Gasteiger partial charge in [-0.1, -0.05) is 12.8 Å². The van der Waals surface area contributed by atoms with Crippen LogP contribution in [0.1, 0.15) is 25.7 Å². The fourth-order valence-electron chi connectivity index (χ4n) is 2.82. The number of urea groups is 1. The highest BCUT2D eigenvalue weighted by atomic mass is 32.2. The van der Waals surface area contributed by atoms with Crippen LogP contribution in [-0.2, 0) is 4.79 Å². The maximum atomic E-state index is 12.0. The van der Waals surface area contributed by atoms with Gasteiger partial charge < -0.3 is 20.2 Å². The average molecular weight is 301 g/mol. The summed E-state index contributed by atoms with van der Waals surface area (Å²) in [5, 5.41) is 11.9. The number of nitrogens with one attached hydrogen (secondary N) is 1. The van der Waals surface area contributed by atoms with Crippen LogP contribution in [0.5, 0.6) is 0 Å². The first-order valence-corrected chi connectivity index (χ1v) is 8.30. The summed E-state index contributed by atoms with van der Waals surface area (Å²) >= 11 is 1.48. The summed E-state index contributed by atoms with van der Waals surface area (Å²) < 4.78 is 0. The predicted octanol–water partition coefficient (Wildman–Crippen LogP) is 1.03. The Hall–Kier alpha value is -0.950. The molecule has 0 unspecified atom stereocenters. The molecule has 1 saturated carbocycles. The fourth-order valence-corrected chi connectivity index (χ4v) is 3.96. The van der Waals surface area contributed by atoms with Crippen molar-refractivity contribution in [2.24, 2.45) is 0 Å². The third kappa shape index (κ3) is 3.79. The van der Waals surface area contributed by atoms with Crippen molar-refractivity contribution in [1.29, 1.82) is 0 Å². The summed E-state index contributed by atoms with van der Waals surface area (Å²) in [5.74, 6) is 0.0136. The number of carbonyl (C=O) groups is 2. The third-order valence-electron chi connectivity index (χ3n) is 4.12. The molecule has 1 atom stereocenters. The first-order chi connectivity index (χ1) is 9.59. The molecular formula is C13H23N3O3S. The molecule has 114 valence electrons. The van der Waals surface area contributed by atoms with E-state index in [9.17, 15) is 9.59 Å². The van der Waals surface area contributed by atoms with E-state index in [1.807, 2.05) is 0 Å². The van der Waals surface area contributed by atoms with Gasteiger partial charge in [0.2, 0.25) is 0 Å². The van der Waals surface area contributed by atoms with Gasteiger partial charge in [-0.25, -0.2) is 9.59 Å². The lowest BCUT2D eigenvalue weighted by Gasteiger charge is -2.25. The Bertz CT molecular complexity index is 361. The molecule has 0 spiro atoms. The van der Waals surface area contributed by atoms with Crippen LogP contribution in [0.2, 0.25) is 0 Å². The molecule has 20 heavy (non-hydrogen) atoms. The molecule has 7 heteroatoms. The van der Waals surface area contributed by atoms with Crippen molar-refractivity contribution in [3.05, 3.63) is 0 Å². The second-order valence-electron chi connectivity index (χ2n) is 5.47. The lowest BCUT2D eigenvalue weighted by Crippen LogP contribution is -2.48. The van der Waals surface area contributed by atoms with Crippen LogP contribution in [0, 0.1) is 0 Å². The minimum absolute atomic E-state index is 0.262. The molecule has 0 bridgehead atoms. The highest BCUT2D eigenvalue weighted by Crippen LogP contribution is 2.22. The van der Waals surface area contributed by atoms with E-state index >= 15 is 0 Å². The van der Waals surface area contributed by atoms with Crippen LogP contribution in [0.25, 0.3) is 0 Å². The molecule has 0 aromatic heterocycles. The molecule has 1 saturated heterocycles. The number of amides is 2. The number of hydrogen-bond acceptors (Lipinski definition) is 4. The van der Waals surface area contributed by atoms with Crippen molar-refractivity contribution in [3.63, 3.8) is 0 Å². The Morgan fingerprint density at radius 2 is 2.10 bits per heavy atom. The third-order valence-corrected chi connectivity index (χ3v) is 5.13. The number of carboxylic acids is 1. The van der Waals surface area contributed by atoms with Crippen LogP contribution >= 0.6 is 11.8 Å². The molecule has 2 aliphatic rings. The van der Waals surface area contributed by atoms with Crippen molar-refractivity contribution in [3.8, 4) is 0 Å². The summed E-state index contributed by atoms with van der Waals surface area (Å²) in [6.07, 6.45) is 5.09. The molecule has 6 nitrogen and oxygen atoms in total. The molecule has 2 amide bonds. The van der Waals surface area contributed by atoms with Gasteiger partial charge in [0.1, 0.15) is 6.04 Å². The molecule has 0 radical (unpaired) electrons. The van der Waals surface area contributed by atoms with Gasteiger partial charge in [-0.3, -0.25) is 0 Å². The van der Waals surface area contributed by atoms with E-state index in [4.69, 9.17) is 5.11 Å². The highest BCUT2D eigenvalue weighted by molar-refractivity contribution is 7.99. The van der Waals surface area contributed by atoms with E-state index < -0.39 is 12.0 Å². The Labute approximate surface area is 123 Å². The van der Waals surface area contributed by atoms with Crippen LogP contribution < -0.4 is 5.32 Å². The molecule has 2 N–H and O–H groups in total. The van der Waals surface area contributed by atoms with Gasteiger partial charge in [-0.05, 0) is 19.9 Å². The fraction of sp³-hybridized carbons (Fsp3) is 0.846. The second-order valence-corrected chi connectivity index (χ2v) is 6.47. The number of carboxylic acid groups (broad SMARTS) is 1. The zero-order valence-corrected chi connectivity index (χ0v) is 12.7. The maximum absolute atomic E-state index is 12.0. The Morgan fingerprint density at radius 3 is 2.75 bits per heavy atom. The maximum Gasteiger partial charge on any atom is 0.327 e. The average Bonchev–Trinajstić information content (AvgIpc) is 3.09. The van der Waals surface area contributed by atoms with Crippen molar-refractivity contribution in [1.82, 2.24) is 15.1 Å². The number of thioether (sulfide) groups is 1. The van der Waals surface area contributed by atoms with E-state index in [0.717, 1.165) is 6.54 Å². The summed E-state index contributed by atoms with van der Waals surface area (Å²) in [6, 6.07) is -0.309. The second kappa shape index (κ2) is 7.17. The number of nitrogens with zero attached hydrogens (tertiary/aromatic N) is 2. The monoisotopic (exact) mass is 301 g/mol. The van der Waals surface area contributed by atoms with Gasteiger partial charge >= 0.3 is 12.0 Å². The van der Waals surface area contributed by atoms with E-state index in [1.54, 1.807) is 0 Å². The van der Waals surface area contributed by atoms with Crippen LogP contribution in [0.3, 0.4) is 0 Å². The summed E-state index contributed by atoms with van der Waals surface area (Å²) in [5.41, 5.74) is 0. The first kappa shape index (κ1) is 15.4. The molecule has 1 aliphatic heterocycles. The zero-order valence-electron chi connectivity index (χ0n) is 11.9. The molecule has 1 heterocycles. The van der Waals surface area contributed by atoms with Crippen LogP contribution in [0.4, 0.5) is 4.79 Å². The molecular weight excluding hydrogens is 278 g/mol. The largest absolute Gasteiger partial charge is 0.480 e. The summed E-state index contributed by atoms with van der Waals surface area (Å²) in [6.45, 7) is 1.38. The molecule has 2 rings (SSSR count). The predicted molar refractivity (Wildman–Crippen MR) is 78.9 cm³/mol. The number of rotatable bonds is 5. The molecule has 0 aromatic carbocycles. The van der Waals surface area contributed by atoms with E-state index in [-0.39, 0.29) is 6.03 Å². The number of hydrogen-bond donors (Lipinski definition) is 2. The Balaban J connectivity index is 1.70. The lowest BCUT2D eigenvalue weighted by molar-refractivity contribution is -0.140. The van der Waals surface area contributed by atoms with Gasteiger partial charge in [-0.15, -0.1) is 11.8 Å². The van der Waals surface area contributed by atoms with Gasteiger partial charge in [-0.2, -0.15) is 0 Å². The van der Waals surface area contributed by atoms with Crippen molar-refractivity contribution in [2.45, 2.75) is 37.8 Å². The smallest absolute Gasteiger partial charge is 0.327 e. The topological polar surface area (TPSA) is 72.9 Å². The number of aliphatic carboxylic acids is 1. The Kier molecular flexibility index (Phi) is 5.54. The minimum Gasteiger partial charge on any atom is -0.480 e. The van der Waals surface area contributed by atoms with Crippen molar-refractivity contribution < 1.29 is 14.7 Å². The van der Waals surface area contributed by atoms with Gasteiger partial charge in [0.05, 0.1) is 5.88 Å². The summed E-state index contributed by atoms with van der Waals surface area (Å²) in [4.78, 5) is 26.7. The molecule has 0 aromatic rings. The van der Waals surface area contributed by atoms with E-state index in [1.165, 1.54) is 42.3 Å². The van der Waals surface area contributed by atoms with Crippen LogP contribution in [0.15, 0.2) is 0 Å². The van der Waals surface area contributed by atoms with Gasteiger partial charge in [0.25, 0.3) is 0 Å². The normalized spacial score (nSPS) is 23.5. The number of likely N-dealkylation sites (N-methyl/N-ethyl adjacent to an activating group) is 1. The van der Waals surface area contributed by atoms with Crippen molar-refractivity contribution >= 4 is 23.8 Å². The van der Waals surface area contributed by atoms with Crippen molar-refractivity contribution in [2.75, 3.05) is 31.8 Å². The van der Waals surface area contributed by atoms with Gasteiger partial charge in [0, 0.05) is 24.9 Å². The number of carbonyl (C=O) groups excluding carboxylic acids is 1. The molecule has 1 aliphatic carbocycles. The minimum atomic E-state index is -0.923. The zero-order chi connectivity index (χ0) is 14.5. The lowest BCUT2D eigenvalue weighted by atomic mass is 10.2. The van der Waals surface area contributed by atoms with E-state index in [2.05, 4.69) is 17.3 Å². The standard InChI is InChI=1S/C13H23N3O3S/c1-15(10-4-2-3-5-10)7-6-14-13(19)16-9-20-8-11(16)12(17)18/h10-11H,2-9H2,1H3,(H,14,19)(H,17,18)/t11-/m0/s1. The first-order valence-electron chi connectivity index (χ1n) is 7.15. The molecule has 2 fully saturated rings. The van der Waals surface area contributed by atoms with E-state index in [0.29, 0.717) is 24.2 Å². The highest BCUT2D eigenvalue weighted by Gasteiger charge is 2.34. The summed E-state index contributed by atoms with van der Waals surface area (Å²) in [7, 11) is 2.09. The quantitative estimate of drug-likeness (QED) is 0.793. The van der Waals surface area contributed by atoms with Crippen LogP contribution in [-0.4, -0.2) is 70.8 Å². The SMILES string of the molecule is CN(CCNC(=O)N1CSC[C@H]1C(=O)O)C1CCCC1.